The van der Waals surface area contributed by atoms with Gasteiger partial charge in [-0.15, -0.1) is 10.2 Å². The second kappa shape index (κ2) is 7.05. The maximum Gasteiger partial charge on any atom is 0.264 e. The number of nitrogens with zero attached hydrogens (tertiary/aromatic N) is 2. The summed E-state index contributed by atoms with van der Waals surface area (Å²) in [6, 6.07) is 14.1. The van der Waals surface area contributed by atoms with Crippen molar-refractivity contribution in [3.8, 4) is 11.3 Å². The van der Waals surface area contributed by atoms with Gasteiger partial charge in [0.05, 0.1) is 5.69 Å². The molecule has 0 atom stereocenters. The Morgan fingerprint density at radius 1 is 0.889 bits per heavy atom. The van der Waals surface area contributed by atoms with Gasteiger partial charge in [-0.3, -0.25) is 4.72 Å². The van der Waals surface area contributed by atoms with E-state index in [2.05, 4.69) is 14.9 Å². The Morgan fingerprint density at radius 3 is 2.26 bits per heavy atom. The van der Waals surface area contributed by atoms with Crippen molar-refractivity contribution in [2.24, 2.45) is 0 Å². The van der Waals surface area contributed by atoms with Crippen LogP contribution < -0.4 is 4.72 Å². The molecule has 0 saturated carbocycles. The lowest BCUT2D eigenvalue weighted by Crippen LogP contribution is -2.14. The van der Waals surface area contributed by atoms with Gasteiger partial charge in [0.1, 0.15) is 10.7 Å². The highest BCUT2D eigenvalue weighted by Crippen LogP contribution is 2.24. The Labute approximate surface area is 155 Å². The summed E-state index contributed by atoms with van der Waals surface area (Å²) in [6.07, 6.45) is 1.02. The fraction of sp³-hybridized carbons (Fsp3) is 0.0588. The molecule has 0 fully saturated rings. The van der Waals surface area contributed by atoms with E-state index in [1.54, 1.807) is 12.1 Å². The maximum atomic E-state index is 13.8. The van der Waals surface area contributed by atoms with Gasteiger partial charge in [0.15, 0.2) is 14.9 Å². The molecule has 0 radical (unpaired) electrons. The molecule has 2 aromatic carbocycles. The SMILES string of the molecule is CS(=O)(=O)c1ccc(-c2cccc(NS(=O)(=O)c3ccccc3F)c2)nn1. The van der Waals surface area contributed by atoms with Crippen LogP contribution >= 0.6 is 0 Å². The molecule has 10 heteroatoms. The topological polar surface area (TPSA) is 106 Å². The smallest absolute Gasteiger partial charge is 0.264 e. The van der Waals surface area contributed by atoms with Gasteiger partial charge in [-0.05, 0) is 36.4 Å². The van der Waals surface area contributed by atoms with Crippen molar-refractivity contribution in [2.75, 3.05) is 11.0 Å². The van der Waals surface area contributed by atoms with E-state index in [1.807, 2.05) is 0 Å². The van der Waals surface area contributed by atoms with E-state index in [-0.39, 0.29) is 10.7 Å². The number of benzene rings is 2. The summed E-state index contributed by atoms with van der Waals surface area (Å²) in [5.74, 6) is -0.858. The second-order valence-corrected chi connectivity index (χ2v) is 9.26. The minimum atomic E-state index is -4.11. The van der Waals surface area contributed by atoms with E-state index in [0.29, 0.717) is 11.3 Å². The number of hydrogen-bond acceptors (Lipinski definition) is 6. The number of sulfone groups is 1. The maximum absolute atomic E-state index is 13.8. The molecule has 1 N–H and O–H groups in total. The first-order valence-electron chi connectivity index (χ1n) is 7.58. The van der Waals surface area contributed by atoms with Gasteiger partial charge in [0.2, 0.25) is 0 Å². The van der Waals surface area contributed by atoms with Gasteiger partial charge in [-0.1, -0.05) is 24.3 Å². The van der Waals surface area contributed by atoms with Gasteiger partial charge in [0.25, 0.3) is 10.0 Å². The third kappa shape index (κ3) is 4.29. The zero-order valence-corrected chi connectivity index (χ0v) is 15.6. The zero-order valence-electron chi connectivity index (χ0n) is 14.0. The molecule has 3 rings (SSSR count). The summed E-state index contributed by atoms with van der Waals surface area (Å²) in [5.41, 5.74) is 1.07. The monoisotopic (exact) mass is 407 g/mol. The first kappa shape index (κ1) is 18.9. The van der Waals surface area contributed by atoms with Gasteiger partial charge in [0, 0.05) is 17.5 Å². The Bertz CT molecular complexity index is 1190. The lowest BCUT2D eigenvalue weighted by atomic mass is 10.1. The van der Waals surface area contributed by atoms with E-state index < -0.39 is 30.6 Å². The van der Waals surface area contributed by atoms with Crippen molar-refractivity contribution < 1.29 is 21.2 Å². The number of nitrogens with one attached hydrogen (secondary N) is 1. The van der Waals surface area contributed by atoms with Gasteiger partial charge in [-0.2, -0.15) is 0 Å². The normalized spacial score (nSPS) is 11.9. The Balaban J connectivity index is 1.91. The molecule has 0 aliphatic carbocycles. The standard InChI is InChI=1S/C17H14FN3O4S2/c1-26(22,23)17-10-9-15(19-20-17)12-5-4-6-13(11-12)21-27(24,25)16-8-3-2-7-14(16)18/h2-11,21H,1H3. The molecule has 3 aromatic rings. The van der Waals surface area contributed by atoms with Gasteiger partial charge >= 0.3 is 0 Å². The number of aromatic nitrogens is 2. The van der Waals surface area contributed by atoms with Crippen LogP contribution in [0.2, 0.25) is 0 Å². The van der Waals surface area contributed by atoms with E-state index >= 15 is 0 Å². The molecule has 0 aliphatic heterocycles. The van der Waals surface area contributed by atoms with Crippen molar-refractivity contribution >= 4 is 25.5 Å². The van der Waals surface area contributed by atoms with Gasteiger partial charge < -0.3 is 0 Å². The van der Waals surface area contributed by atoms with E-state index in [9.17, 15) is 21.2 Å². The number of anilines is 1. The molecular weight excluding hydrogens is 393 g/mol. The fourth-order valence-electron chi connectivity index (χ4n) is 2.29. The molecule has 1 aromatic heterocycles. The highest BCUT2D eigenvalue weighted by Gasteiger charge is 2.19. The lowest BCUT2D eigenvalue weighted by Gasteiger charge is -2.10. The van der Waals surface area contributed by atoms with E-state index in [4.69, 9.17) is 0 Å². The highest BCUT2D eigenvalue weighted by atomic mass is 32.2. The average molecular weight is 407 g/mol. The van der Waals surface area contributed by atoms with Crippen LogP contribution in [0, 0.1) is 5.82 Å². The number of halogens is 1. The lowest BCUT2D eigenvalue weighted by molar-refractivity contribution is 0.570. The van der Waals surface area contributed by atoms with Crippen LogP contribution in [0.3, 0.4) is 0 Å². The van der Waals surface area contributed by atoms with Crippen molar-refractivity contribution in [1.82, 2.24) is 10.2 Å². The molecule has 0 unspecified atom stereocenters. The summed E-state index contributed by atoms with van der Waals surface area (Å²) in [4.78, 5) is -0.465. The van der Waals surface area contributed by atoms with Crippen molar-refractivity contribution in [3.05, 3.63) is 66.5 Å². The first-order valence-corrected chi connectivity index (χ1v) is 11.0. The fourth-order valence-corrected chi connectivity index (χ4v) is 3.92. The van der Waals surface area contributed by atoms with Gasteiger partial charge in [-0.25, -0.2) is 21.2 Å². The minimum absolute atomic E-state index is 0.164. The molecule has 7 nitrogen and oxygen atoms in total. The van der Waals surface area contributed by atoms with Crippen LogP contribution in [0.15, 0.2) is 70.6 Å². The van der Waals surface area contributed by atoms with Crippen LogP contribution in [-0.4, -0.2) is 33.3 Å². The third-order valence-corrected chi connectivity index (χ3v) is 5.95. The molecule has 27 heavy (non-hydrogen) atoms. The summed E-state index contributed by atoms with van der Waals surface area (Å²) in [5, 5.41) is 7.36. The van der Waals surface area contributed by atoms with Crippen LogP contribution in [0.25, 0.3) is 11.3 Å². The Hall–Kier alpha value is -2.85. The molecule has 0 spiro atoms. The first-order chi connectivity index (χ1) is 12.7. The summed E-state index contributed by atoms with van der Waals surface area (Å²) in [7, 11) is -7.58. The average Bonchev–Trinajstić information content (AvgIpc) is 2.61. The van der Waals surface area contributed by atoms with Crippen LogP contribution in [0.5, 0.6) is 0 Å². The van der Waals surface area contributed by atoms with Crippen LogP contribution in [-0.2, 0) is 19.9 Å². The molecular formula is C17H14FN3O4S2. The largest absolute Gasteiger partial charge is 0.280 e. The molecule has 0 amide bonds. The predicted octanol–water partition coefficient (Wildman–Crippen LogP) is 2.49. The highest BCUT2D eigenvalue weighted by molar-refractivity contribution is 7.92. The minimum Gasteiger partial charge on any atom is -0.280 e. The van der Waals surface area contributed by atoms with Crippen LogP contribution in [0.4, 0.5) is 10.1 Å². The van der Waals surface area contributed by atoms with E-state index in [1.165, 1.54) is 36.4 Å². The van der Waals surface area contributed by atoms with Crippen molar-refractivity contribution in [3.63, 3.8) is 0 Å². The van der Waals surface area contributed by atoms with Crippen LogP contribution in [0.1, 0.15) is 0 Å². The molecule has 1 heterocycles. The summed E-state index contributed by atoms with van der Waals surface area (Å²) < 4.78 is 63.7. The Kier molecular flexibility index (Phi) is 4.94. The quantitative estimate of drug-likeness (QED) is 0.696. The number of hydrogen-bond donors (Lipinski definition) is 1. The molecule has 0 bridgehead atoms. The summed E-state index contributed by atoms with van der Waals surface area (Å²) in [6.45, 7) is 0. The molecule has 140 valence electrons. The molecule has 0 aliphatic rings. The van der Waals surface area contributed by atoms with Crippen molar-refractivity contribution in [2.45, 2.75) is 9.92 Å². The Morgan fingerprint density at radius 2 is 1.63 bits per heavy atom. The van der Waals surface area contributed by atoms with E-state index in [0.717, 1.165) is 18.4 Å². The second-order valence-electron chi connectivity index (χ2n) is 5.65. The van der Waals surface area contributed by atoms with Crippen molar-refractivity contribution in [1.29, 1.82) is 0 Å². The zero-order chi connectivity index (χ0) is 19.7. The predicted molar refractivity (Wildman–Crippen MR) is 97.8 cm³/mol. The number of sulfonamides is 1. The number of rotatable bonds is 5. The molecule has 0 saturated heterocycles. The third-order valence-electron chi connectivity index (χ3n) is 3.56. The summed E-state index contributed by atoms with van der Waals surface area (Å²) >= 11 is 0.